The van der Waals surface area contributed by atoms with Gasteiger partial charge in [-0.05, 0) is 43.7 Å². The van der Waals surface area contributed by atoms with Gasteiger partial charge >= 0.3 is 6.18 Å². The van der Waals surface area contributed by atoms with Gasteiger partial charge in [-0.2, -0.15) is 13.2 Å². The van der Waals surface area contributed by atoms with E-state index < -0.39 is 18.5 Å². The SMILES string of the molecule is CC1=CCC2(C)C(=C1)CCP2Cc1cccc(F)c1CNCC(F)(F)F. The number of halogens is 4. The second-order valence-corrected chi connectivity index (χ2v) is 10.2. The van der Waals surface area contributed by atoms with Crippen molar-refractivity contribution in [3.05, 3.63) is 58.4 Å². The Bertz CT molecular complexity index is 738. The van der Waals surface area contributed by atoms with Crippen LogP contribution in [0.1, 0.15) is 37.8 Å². The zero-order valence-corrected chi connectivity index (χ0v) is 16.0. The summed E-state index contributed by atoms with van der Waals surface area (Å²) < 4.78 is 51.5. The summed E-state index contributed by atoms with van der Waals surface area (Å²) in [7, 11) is -0.376. The van der Waals surface area contributed by atoms with Gasteiger partial charge in [0.15, 0.2) is 0 Å². The quantitative estimate of drug-likeness (QED) is 0.492. The number of benzene rings is 1. The highest BCUT2D eigenvalue weighted by Gasteiger charge is 2.42. The average molecular weight is 385 g/mol. The molecule has 0 aromatic heterocycles. The number of hydrogen-bond acceptors (Lipinski definition) is 1. The molecule has 26 heavy (non-hydrogen) atoms. The number of allylic oxidation sites excluding steroid dienone is 4. The molecule has 1 nitrogen and oxygen atoms in total. The van der Waals surface area contributed by atoms with Gasteiger partial charge in [0, 0.05) is 17.3 Å². The fourth-order valence-corrected chi connectivity index (χ4v) is 7.04. The molecule has 0 saturated carbocycles. The van der Waals surface area contributed by atoms with Crippen LogP contribution >= 0.6 is 7.92 Å². The third-order valence-electron chi connectivity index (χ3n) is 5.47. The maximum absolute atomic E-state index is 14.3. The molecular weight excluding hydrogens is 361 g/mol. The Labute approximate surface area is 153 Å². The minimum atomic E-state index is -4.29. The topological polar surface area (TPSA) is 12.0 Å². The summed E-state index contributed by atoms with van der Waals surface area (Å²) in [6, 6.07) is 4.86. The van der Waals surface area contributed by atoms with Crippen molar-refractivity contribution in [3.8, 4) is 0 Å². The molecule has 0 amide bonds. The lowest BCUT2D eigenvalue weighted by molar-refractivity contribution is -0.125. The van der Waals surface area contributed by atoms with Gasteiger partial charge in [-0.1, -0.05) is 50.3 Å². The summed E-state index contributed by atoms with van der Waals surface area (Å²) in [5.74, 6) is -0.424. The van der Waals surface area contributed by atoms with Crippen molar-refractivity contribution < 1.29 is 17.6 Å². The van der Waals surface area contributed by atoms with E-state index >= 15 is 0 Å². The molecule has 0 bridgehead atoms. The van der Waals surface area contributed by atoms with Crippen molar-refractivity contribution in [1.82, 2.24) is 5.32 Å². The summed E-state index contributed by atoms with van der Waals surface area (Å²) in [5.41, 5.74) is 4.01. The van der Waals surface area contributed by atoms with Crippen LogP contribution in [0.5, 0.6) is 0 Å². The number of rotatable bonds is 5. The van der Waals surface area contributed by atoms with Gasteiger partial charge in [0.1, 0.15) is 5.82 Å². The molecule has 0 radical (unpaired) electrons. The first-order valence-electron chi connectivity index (χ1n) is 8.86. The van der Waals surface area contributed by atoms with Crippen molar-refractivity contribution in [2.24, 2.45) is 0 Å². The lowest BCUT2D eigenvalue weighted by Crippen LogP contribution is -2.29. The molecule has 1 aliphatic heterocycles. The van der Waals surface area contributed by atoms with Gasteiger partial charge in [0.25, 0.3) is 0 Å². The molecule has 1 N–H and O–H groups in total. The molecule has 0 spiro atoms. The van der Waals surface area contributed by atoms with Crippen molar-refractivity contribution >= 4 is 7.92 Å². The van der Waals surface area contributed by atoms with Gasteiger partial charge in [-0.15, -0.1) is 0 Å². The lowest BCUT2D eigenvalue weighted by Gasteiger charge is -2.35. The van der Waals surface area contributed by atoms with Gasteiger partial charge in [-0.3, -0.25) is 0 Å². The summed E-state index contributed by atoms with van der Waals surface area (Å²) in [6.45, 7) is 3.21. The Morgan fingerprint density at radius 3 is 2.77 bits per heavy atom. The van der Waals surface area contributed by atoms with E-state index in [1.165, 1.54) is 17.2 Å². The molecule has 6 heteroatoms. The zero-order chi connectivity index (χ0) is 18.9. The summed E-state index contributed by atoms with van der Waals surface area (Å²) in [6.07, 6.45) is 4.20. The van der Waals surface area contributed by atoms with Gasteiger partial charge < -0.3 is 5.32 Å². The second-order valence-electron chi connectivity index (χ2n) is 7.36. The molecule has 2 atom stereocenters. The van der Waals surface area contributed by atoms with Crippen molar-refractivity contribution in [2.45, 2.75) is 50.7 Å². The molecule has 1 aliphatic carbocycles. The van der Waals surface area contributed by atoms with E-state index in [9.17, 15) is 17.6 Å². The molecule has 1 heterocycles. The minimum Gasteiger partial charge on any atom is -0.304 e. The Kier molecular flexibility index (Phi) is 5.60. The molecule has 1 aromatic carbocycles. The van der Waals surface area contributed by atoms with Crippen LogP contribution in [0.3, 0.4) is 0 Å². The number of alkyl halides is 3. The second kappa shape index (κ2) is 7.44. The molecule has 1 saturated heterocycles. The maximum Gasteiger partial charge on any atom is 0.401 e. The first-order valence-corrected chi connectivity index (χ1v) is 10.6. The number of hydrogen-bond donors (Lipinski definition) is 1. The first-order chi connectivity index (χ1) is 12.2. The molecule has 2 unspecified atom stereocenters. The Morgan fingerprint density at radius 2 is 2.04 bits per heavy atom. The molecular formula is C20H24F4NP. The van der Waals surface area contributed by atoms with E-state index in [1.54, 1.807) is 6.07 Å². The monoisotopic (exact) mass is 385 g/mol. The first kappa shape index (κ1) is 19.6. The molecule has 1 fully saturated rings. The van der Waals surface area contributed by atoms with Crippen molar-refractivity contribution in [1.29, 1.82) is 0 Å². The Balaban J connectivity index is 1.76. The van der Waals surface area contributed by atoms with E-state index in [4.69, 9.17) is 0 Å². The molecule has 1 aromatic rings. The third kappa shape index (κ3) is 4.20. The van der Waals surface area contributed by atoms with E-state index in [-0.39, 0.29) is 19.6 Å². The van der Waals surface area contributed by atoms with Crippen LogP contribution in [0, 0.1) is 5.82 Å². The van der Waals surface area contributed by atoms with Crippen LogP contribution in [-0.4, -0.2) is 24.0 Å². The highest BCUT2D eigenvalue weighted by Crippen LogP contribution is 2.65. The largest absolute Gasteiger partial charge is 0.401 e. The average Bonchev–Trinajstić information content (AvgIpc) is 2.86. The van der Waals surface area contributed by atoms with E-state index in [1.807, 2.05) is 6.07 Å². The van der Waals surface area contributed by atoms with Crippen LogP contribution in [-0.2, 0) is 12.7 Å². The van der Waals surface area contributed by atoms with Gasteiger partial charge in [0.05, 0.1) is 6.54 Å². The number of nitrogens with one attached hydrogen (secondary N) is 1. The van der Waals surface area contributed by atoms with Gasteiger partial charge in [-0.25, -0.2) is 4.39 Å². The highest BCUT2D eigenvalue weighted by molar-refractivity contribution is 7.59. The summed E-state index contributed by atoms with van der Waals surface area (Å²) in [5, 5.41) is 2.48. The van der Waals surface area contributed by atoms with Crippen LogP contribution in [0.25, 0.3) is 0 Å². The van der Waals surface area contributed by atoms with E-state index in [0.29, 0.717) is 5.56 Å². The van der Waals surface area contributed by atoms with Crippen molar-refractivity contribution in [3.63, 3.8) is 0 Å². The maximum atomic E-state index is 14.3. The van der Waals surface area contributed by atoms with Gasteiger partial charge in [0.2, 0.25) is 0 Å². The summed E-state index contributed by atoms with van der Waals surface area (Å²) in [4.78, 5) is 0. The lowest BCUT2D eigenvalue weighted by atomic mass is 9.88. The Hall–Kier alpha value is -1.19. The fraction of sp³-hybridized carbons (Fsp3) is 0.500. The van der Waals surface area contributed by atoms with Crippen LogP contribution in [0.15, 0.2) is 41.5 Å². The van der Waals surface area contributed by atoms with Crippen LogP contribution in [0.4, 0.5) is 17.6 Å². The predicted octanol–water partition coefficient (Wildman–Crippen LogP) is 5.90. The zero-order valence-electron chi connectivity index (χ0n) is 15.1. The number of fused-ring (bicyclic) bond motifs is 1. The van der Waals surface area contributed by atoms with E-state index in [0.717, 1.165) is 30.7 Å². The fourth-order valence-electron chi connectivity index (χ4n) is 3.89. The third-order valence-corrected chi connectivity index (χ3v) is 8.82. The van der Waals surface area contributed by atoms with Crippen molar-refractivity contribution in [2.75, 3.05) is 12.7 Å². The minimum absolute atomic E-state index is 0.0941. The van der Waals surface area contributed by atoms with E-state index in [2.05, 4.69) is 31.3 Å². The highest BCUT2D eigenvalue weighted by atomic mass is 31.1. The molecule has 3 rings (SSSR count). The standard InChI is InChI=1S/C20H24F4NP/c1-14-6-8-19(2)16(10-14)7-9-26(19)12-15-4-3-5-18(21)17(15)11-25-13-20(22,23)24/h3-6,10,25H,7-9,11-13H2,1-2H3. The van der Waals surface area contributed by atoms with Crippen LogP contribution in [0.2, 0.25) is 0 Å². The normalized spacial score (nSPS) is 25.7. The molecule has 142 valence electrons. The predicted molar refractivity (Wildman–Crippen MR) is 99.1 cm³/mol. The summed E-state index contributed by atoms with van der Waals surface area (Å²) >= 11 is 0. The van der Waals surface area contributed by atoms with Crippen LogP contribution < -0.4 is 5.32 Å². The Morgan fingerprint density at radius 1 is 1.27 bits per heavy atom. The smallest absolute Gasteiger partial charge is 0.304 e. The molecule has 2 aliphatic rings.